The topological polar surface area (TPSA) is 52.4 Å². The van der Waals surface area contributed by atoms with Gasteiger partial charge in [-0.2, -0.15) is 0 Å². The van der Waals surface area contributed by atoms with Crippen LogP contribution < -0.4 is 0 Å². The standard InChI is InChI=1S/C8H7NO3S/c10-9(11)8-4-2-1-3-7(8)5-12-6-13/h1-4,6H,5H2. The molecule has 0 N–H and O–H groups in total. The Kier molecular flexibility index (Phi) is 3.33. The highest BCUT2D eigenvalue weighted by molar-refractivity contribution is 7.78. The van der Waals surface area contributed by atoms with Gasteiger partial charge in [0.15, 0.2) is 0 Å². The van der Waals surface area contributed by atoms with Crippen molar-refractivity contribution in [3.05, 3.63) is 39.9 Å². The molecule has 0 aliphatic heterocycles. The smallest absolute Gasteiger partial charge is 0.276 e. The molecule has 0 aromatic heterocycles. The Labute approximate surface area is 80.3 Å². The van der Waals surface area contributed by atoms with Gasteiger partial charge in [0.05, 0.1) is 10.5 Å². The molecule has 0 spiro atoms. The highest BCUT2D eigenvalue weighted by Crippen LogP contribution is 2.17. The number of ether oxygens (including phenoxy) is 1. The second kappa shape index (κ2) is 4.51. The first kappa shape index (κ1) is 9.60. The van der Waals surface area contributed by atoms with Crippen LogP contribution in [0.5, 0.6) is 0 Å². The van der Waals surface area contributed by atoms with Crippen LogP contribution in [-0.2, 0) is 11.3 Å². The summed E-state index contributed by atoms with van der Waals surface area (Å²) in [7, 11) is 0. The number of nitro benzene ring substituents is 1. The number of benzene rings is 1. The van der Waals surface area contributed by atoms with Crippen molar-refractivity contribution in [2.45, 2.75) is 6.61 Å². The van der Waals surface area contributed by atoms with Crippen molar-refractivity contribution in [2.75, 3.05) is 0 Å². The summed E-state index contributed by atoms with van der Waals surface area (Å²) < 4.78 is 4.80. The third-order valence-electron chi connectivity index (χ3n) is 1.50. The second-order valence-corrected chi connectivity index (χ2v) is 2.49. The molecule has 0 fully saturated rings. The van der Waals surface area contributed by atoms with E-state index >= 15 is 0 Å². The summed E-state index contributed by atoms with van der Waals surface area (Å²) >= 11 is 4.44. The lowest BCUT2D eigenvalue weighted by Crippen LogP contribution is -1.96. The van der Waals surface area contributed by atoms with Gasteiger partial charge in [-0.1, -0.05) is 12.1 Å². The maximum atomic E-state index is 10.5. The van der Waals surface area contributed by atoms with Crippen LogP contribution in [0.2, 0.25) is 0 Å². The molecule has 0 saturated carbocycles. The fourth-order valence-corrected chi connectivity index (χ4v) is 1.00. The molecular weight excluding hydrogens is 190 g/mol. The lowest BCUT2D eigenvalue weighted by Gasteiger charge is -2.00. The fraction of sp³-hybridized carbons (Fsp3) is 0.125. The molecule has 0 saturated heterocycles. The van der Waals surface area contributed by atoms with Crippen LogP contribution in [0.4, 0.5) is 5.69 Å². The van der Waals surface area contributed by atoms with Crippen molar-refractivity contribution < 1.29 is 9.66 Å². The molecule has 0 heterocycles. The molecule has 0 amide bonds. The molecule has 0 radical (unpaired) electrons. The van der Waals surface area contributed by atoms with E-state index in [9.17, 15) is 10.1 Å². The van der Waals surface area contributed by atoms with Gasteiger partial charge in [-0.25, -0.2) is 0 Å². The summed E-state index contributed by atoms with van der Waals surface area (Å²) in [5.41, 5.74) is 1.67. The number of hydrogen-bond donors (Lipinski definition) is 0. The zero-order chi connectivity index (χ0) is 9.68. The SMILES string of the molecule is O=[N+]([O-])c1ccccc1COC=S. The maximum Gasteiger partial charge on any atom is 0.276 e. The Morgan fingerprint density at radius 2 is 2.23 bits per heavy atom. The van der Waals surface area contributed by atoms with Gasteiger partial charge in [-0.15, -0.1) is 0 Å². The van der Waals surface area contributed by atoms with Crippen LogP contribution in [0, 0.1) is 10.1 Å². The van der Waals surface area contributed by atoms with Crippen molar-refractivity contribution in [3.63, 3.8) is 0 Å². The van der Waals surface area contributed by atoms with Gasteiger partial charge in [-0.05, 0) is 18.3 Å². The number of thiocarbonyl (C=S) groups is 1. The van der Waals surface area contributed by atoms with Crippen molar-refractivity contribution in [1.29, 1.82) is 0 Å². The third kappa shape index (κ3) is 2.48. The highest BCUT2D eigenvalue weighted by Gasteiger charge is 2.11. The first-order valence-corrected chi connectivity index (χ1v) is 4.00. The molecule has 13 heavy (non-hydrogen) atoms. The van der Waals surface area contributed by atoms with Crippen LogP contribution in [0.25, 0.3) is 0 Å². The summed E-state index contributed by atoms with van der Waals surface area (Å²) in [6.07, 6.45) is 0. The van der Waals surface area contributed by atoms with E-state index in [1.54, 1.807) is 18.2 Å². The summed E-state index contributed by atoms with van der Waals surface area (Å²) in [4.78, 5) is 10.1. The molecule has 1 aromatic rings. The van der Waals surface area contributed by atoms with E-state index in [1.807, 2.05) is 0 Å². The van der Waals surface area contributed by atoms with Gasteiger partial charge in [0.1, 0.15) is 12.2 Å². The molecule has 4 nitrogen and oxygen atoms in total. The zero-order valence-electron chi connectivity index (χ0n) is 6.67. The van der Waals surface area contributed by atoms with E-state index in [0.29, 0.717) is 5.56 Å². The summed E-state index contributed by atoms with van der Waals surface area (Å²) in [5.74, 6) is 0. The number of nitro groups is 1. The Bertz CT molecular complexity index is 327. The van der Waals surface area contributed by atoms with E-state index in [4.69, 9.17) is 4.74 Å². The summed E-state index contributed by atoms with van der Waals surface area (Å²) in [6, 6.07) is 6.40. The minimum Gasteiger partial charge on any atom is -0.485 e. The predicted octanol–water partition coefficient (Wildman–Crippen LogP) is 2.07. The van der Waals surface area contributed by atoms with Crippen LogP contribution in [-0.4, -0.2) is 10.5 Å². The minimum atomic E-state index is -0.442. The zero-order valence-corrected chi connectivity index (χ0v) is 7.49. The molecule has 1 aromatic carbocycles. The highest BCUT2D eigenvalue weighted by atomic mass is 32.1. The van der Waals surface area contributed by atoms with Crippen molar-refractivity contribution >= 4 is 23.5 Å². The molecule has 0 bridgehead atoms. The first-order chi connectivity index (χ1) is 6.25. The normalized spacial score (nSPS) is 9.23. The summed E-state index contributed by atoms with van der Waals surface area (Å²) in [5, 5.41) is 10.5. The molecular formula is C8H7NO3S. The predicted molar refractivity (Wildman–Crippen MR) is 51.5 cm³/mol. The average Bonchev–Trinajstić information content (AvgIpc) is 2.15. The Balaban J connectivity index is 2.90. The average molecular weight is 197 g/mol. The van der Waals surface area contributed by atoms with Crippen LogP contribution in [0.3, 0.4) is 0 Å². The Morgan fingerprint density at radius 3 is 2.85 bits per heavy atom. The van der Waals surface area contributed by atoms with Crippen LogP contribution in [0.1, 0.15) is 5.56 Å². The lowest BCUT2D eigenvalue weighted by molar-refractivity contribution is -0.385. The maximum absolute atomic E-state index is 10.5. The van der Waals surface area contributed by atoms with Gasteiger partial charge < -0.3 is 4.74 Å². The van der Waals surface area contributed by atoms with Crippen molar-refractivity contribution in [1.82, 2.24) is 0 Å². The van der Waals surface area contributed by atoms with E-state index in [-0.39, 0.29) is 12.3 Å². The quantitative estimate of drug-likeness (QED) is 0.421. The molecule has 68 valence electrons. The van der Waals surface area contributed by atoms with Crippen LogP contribution >= 0.6 is 12.2 Å². The van der Waals surface area contributed by atoms with Crippen molar-refractivity contribution in [2.24, 2.45) is 0 Å². The van der Waals surface area contributed by atoms with Gasteiger partial charge in [0.25, 0.3) is 5.69 Å². The van der Waals surface area contributed by atoms with Gasteiger partial charge >= 0.3 is 0 Å². The number of para-hydroxylation sites is 1. The number of rotatable bonds is 4. The Hall–Kier alpha value is -1.49. The van der Waals surface area contributed by atoms with E-state index < -0.39 is 4.92 Å². The summed E-state index contributed by atoms with van der Waals surface area (Å²) in [6.45, 7) is 0.140. The lowest BCUT2D eigenvalue weighted by atomic mass is 10.2. The number of hydrogen-bond acceptors (Lipinski definition) is 4. The molecule has 0 aliphatic carbocycles. The molecule has 0 aliphatic rings. The largest absolute Gasteiger partial charge is 0.485 e. The van der Waals surface area contributed by atoms with Gasteiger partial charge in [0.2, 0.25) is 0 Å². The monoisotopic (exact) mass is 197 g/mol. The molecule has 0 unspecified atom stereocenters. The number of nitrogens with zero attached hydrogens (tertiary/aromatic N) is 1. The Morgan fingerprint density at radius 1 is 1.54 bits per heavy atom. The fourth-order valence-electron chi connectivity index (χ4n) is 0.935. The minimum absolute atomic E-state index is 0.0550. The second-order valence-electron chi connectivity index (χ2n) is 2.29. The van der Waals surface area contributed by atoms with Gasteiger partial charge in [-0.3, -0.25) is 10.1 Å². The molecule has 5 heteroatoms. The molecule has 0 atom stereocenters. The van der Waals surface area contributed by atoms with Gasteiger partial charge in [0, 0.05) is 6.07 Å². The first-order valence-electron chi connectivity index (χ1n) is 3.53. The van der Waals surface area contributed by atoms with E-state index in [0.717, 1.165) is 5.55 Å². The van der Waals surface area contributed by atoms with Crippen molar-refractivity contribution in [3.8, 4) is 0 Å². The molecule has 1 rings (SSSR count). The van der Waals surface area contributed by atoms with E-state index in [2.05, 4.69) is 12.2 Å². The van der Waals surface area contributed by atoms with Crippen LogP contribution in [0.15, 0.2) is 24.3 Å². The third-order valence-corrected chi connectivity index (χ3v) is 1.63. The van der Waals surface area contributed by atoms with E-state index in [1.165, 1.54) is 6.07 Å².